The van der Waals surface area contributed by atoms with Gasteiger partial charge in [-0.25, -0.2) is 0 Å². The Labute approximate surface area is 144 Å². The van der Waals surface area contributed by atoms with E-state index in [1.807, 2.05) is 37.3 Å². The minimum absolute atomic E-state index is 0. The molecule has 1 amide bonds. The van der Waals surface area contributed by atoms with Gasteiger partial charge in [-0.3, -0.25) is 4.79 Å². The first-order valence-electron chi connectivity index (χ1n) is 7.64. The summed E-state index contributed by atoms with van der Waals surface area (Å²) >= 11 is 0. The number of hydrogen-bond donors (Lipinski definition) is 2. The topological polar surface area (TPSA) is 55.1 Å². The highest BCUT2D eigenvalue weighted by Crippen LogP contribution is 2.18. The quantitative estimate of drug-likeness (QED) is 0.869. The van der Waals surface area contributed by atoms with E-state index in [2.05, 4.69) is 37.4 Å². The summed E-state index contributed by atoms with van der Waals surface area (Å²) in [4.78, 5) is 12.2. The van der Waals surface area contributed by atoms with Crippen molar-refractivity contribution in [3.63, 3.8) is 0 Å². The summed E-state index contributed by atoms with van der Waals surface area (Å²) in [5.74, 6) is -0.0250. The van der Waals surface area contributed by atoms with E-state index in [0.29, 0.717) is 6.42 Å². The molecule has 0 aliphatic rings. The molecule has 0 aliphatic heterocycles. The average Bonchev–Trinajstić information content (AvgIpc) is 2.47. The highest BCUT2D eigenvalue weighted by Gasteiger charge is 2.14. The molecule has 2 rings (SSSR count). The first-order valence-corrected chi connectivity index (χ1v) is 7.64. The van der Waals surface area contributed by atoms with Gasteiger partial charge in [0, 0.05) is 12.5 Å². The van der Waals surface area contributed by atoms with Crippen molar-refractivity contribution in [2.24, 2.45) is 5.73 Å². The number of nitrogens with two attached hydrogens (primary N) is 1. The maximum atomic E-state index is 12.2. The molecule has 2 atom stereocenters. The second kappa shape index (κ2) is 8.70. The molecule has 2 unspecified atom stereocenters. The number of carbonyl (C=O) groups is 1. The number of nitrogens with one attached hydrogen (secondary N) is 1. The lowest BCUT2D eigenvalue weighted by atomic mass is 10.0. The molecule has 0 spiro atoms. The van der Waals surface area contributed by atoms with Gasteiger partial charge in [-0.15, -0.1) is 12.4 Å². The first-order chi connectivity index (χ1) is 10.5. The van der Waals surface area contributed by atoms with Crippen LogP contribution in [0.3, 0.4) is 0 Å². The van der Waals surface area contributed by atoms with Gasteiger partial charge in [0.1, 0.15) is 0 Å². The molecule has 0 saturated heterocycles. The molecule has 4 heteroatoms. The fraction of sp³-hybridized carbons (Fsp3) is 0.316. The highest BCUT2D eigenvalue weighted by atomic mass is 35.5. The van der Waals surface area contributed by atoms with Crippen LogP contribution in [0, 0.1) is 13.8 Å². The van der Waals surface area contributed by atoms with Crippen molar-refractivity contribution >= 4 is 18.3 Å². The van der Waals surface area contributed by atoms with E-state index in [9.17, 15) is 4.79 Å². The van der Waals surface area contributed by atoms with Crippen molar-refractivity contribution in [1.29, 1.82) is 0 Å². The number of halogens is 1. The summed E-state index contributed by atoms with van der Waals surface area (Å²) in [6, 6.07) is 15.8. The minimum Gasteiger partial charge on any atom is -0.350 e. The van der Waals surface area contributed by atoms with E-state index in [0.717, 1.165) is 11.1 Å². The zero-order valence-electron chi connectivity index (χ0n) is 13.9. The van der Waals surface area contributed by atoms with E-state index in [1.165, 1.54) is 11.1 Å². The van der Waals surface area contributed by atoms with Gasteiger partial charge in [-0.2, -0.15) is 0 Å². The standard InChI is InChI=1S/C19H24N2O.ClH/c1-13-9-14(2)11-17(10-13)15(3)21-19(22)12-18(20)16-7-5-4-6-8-16;/h4-11,15,18H,12,20H2,1-3H3,(H,21,22);1H. The Morgan fingerprint density at radius 1 is 1.04 bits per heavy atom. The molecule has 0 saturated carbocycles. The molecule has 0 heterocycles. The molecule has 0 bridgehead atoms. The van der Waals surface area contributed by atoms with Crippen LogP contribution >= 0.6 is 12.4 Å². The number of hydrogen-bond acceptors (Lipinski definition) is 2. The molecule has 2 aromatic rings. The van der Waals surface area contributed by atoms with Gasteiger partial charge in [-0.05, 0) is 31.9 Å². The van der Waals surface area contributed by atoms with Crippen LogP contribution in [-0.4, -0.2) is 5.91 Å². The Balaban J connectivity index is 0.00000264. The zero-order valence-corrected chi connectivity index (χ0v) is 14.7. The van der Waals surface area contributed by atoms with Crippen LogP contribution in [0.15, 0.2) is 48.5 Å². The number of amides is 1. The van der Waals surface area contributed by atoms with E-state index in [1.54, 1.807) is 0 Å². The van der Waals surface area contributed by atoms with Crippen LogP contribution in [0.25, 0.3) is 0 Å². The number of rotatable bonds is 5. The van der Waals surface area contributed by atoms with E-state index >= 15 is 0 Å². The summed E-state index contributed by atoms with van der Waals surface area (Å²) in [5, 5.41) is 3.03. The van der Waals surface area contributed by atoms with Crippen LogP contribution in [0.4, 0.5) is 0 Å². The Bertz CT molecular complexity index is 623. The Hall–Kier alpha value is -1.84. The molecule has 23 heavy (non-hydrogen) atoms. The molecule has 3 N–H and O–H groups in total. The van der Waals surface area contributed by atoms with Gasteiger partial charge in [-0.1, -0.05) is 59.7 Å². The fourth-order valence-corrected chi connectivity index (χ4v) is 2.66. The summed E-state index contributed by atoms with van der Waals surface area (Å²) in [6.07, 6.45) is 0.291. The predicted molar refractivity (Wildman–Crippen MR) is 97.7 cm³/mol. The SMILES string of the molecule is Cc1cc(C)cc(C(C)NC(=O)CC(N)c2ccccc2)c1.Cl. The third-order valence-corrected chi connectivity index (χ3v) is 3.75. The third kappa shape index (κ3) is 5.70. The molecule has 0 radical (unpaired) electrons. The van der Waals surface area contributed by atoms with Gasteiger partial charge in [0.2, 0.25) is 5.91 Å². The average molecular weight is 333 g/mol. The molecule has 0 aliphatic carbocycles. The van der Waals surface area contributed by atoms with Crippen molar-refractivity contribution in [3.05, 3.63) is 70.8 Å². The monoisotopic (exact) mass is 332 g/mol. The molecule has 0 aromatic heterocycles. The normalized spacial score (nSPS) is 12.9. The Morgan fingerprint density at radius 3 is 2.17 bits per heavy atom. The number of aryl methyl sites for hydroxylation is 2. The molecule has 2 aromatic carbocycles. The molecule has 124 valence electrons. The molecule has 0 fully saturated rings. The van der Waals surface area contributed by atoms with Gasteiger partial charge >= 0.3 is 0 Å². The second-order valence-corrected chi connectivity index (χ2v) is 5.93. The van der Waals surface area contributed by atoms with Crippen LogP contribution < -0.4 is 11.1 Å². The van der Waals surface area contributed by atoms with Crippen molar-refractivity contribution in [2.75, 3.05) is 0 Å². The van der Waals surface area contributed by atoms with Crippen LogP contribution in [0.5, 0.6) is 0 Å². The largest absolute Gasteiger partial charge is 0.350 e. The summed E-state index contributed by atoms with van der Waals surface area (Å²) < 4.78 is 0. The lowest BCUT2D eigenvalue weighted by molar-refractivity contribution is -0.122. The Morgan fingerprint density at radius 2 is 1.61 bits per heavy atom. The predicted octanol–water partition coefficient (Wildman–Crippen LogP) is 3.99. The van der Waals surface area contributed by atoms with Crippen molar-refractivity contribution < 1.29 is 4.79 Å². The number of benzene rings is 2. The van der Waals surface area contributed by atoms with Crippen molar-refractivity contribution in [3.8, 4) is 0 Å². The van der Waals surface area contributed by atoms with E-state index in [4.69, 9.17) is 5.73 Å². The summed E-state index contributed by atoms with van der Waals surface area (Å²) in [7, 11) is 0. The second-order valence-electron chi connectivity index (χ2n) is 5.93. The van der Waals surface area contributed by atoms with Crippen molar-refractivity contribution in [1.82, 2.24) is 5.32 Å². The third-order valence-electron chi connectivity index (χ3n) is 3.75. The van der Waals surface area contributed by atoms with Gasteiger partial charge < -0.3 is 11.1 Å². The summed E-state index contributed by atoms with van der Waals surface area (Å²) in [5.41, 5.74) is 10.6. The van der Waals surface area contributed by atoms with E-state index < -0.39 is 0 Å². The zero-order chi connectivity index (χ0) is 16.1. The number of carbonyl (C=O) groups excluding carboxylic acids is 1. The van der Waals surface area contributed by atoms with Gasteiger partial charge in [0.15, 0.2) is 0 Å². The Kier molecular flexibility index (Phi) is 7.27. The minimum atomic E-state index is -0.271. The van der Waals surface area contributed by atoms with Crippen LogP contribution in [-0.2, 0) is 4.79 Å². The summed E-state index contributed by atoms with van der Waals surface area (Å²) in [6.45, 7) is 6.13. The smallest absolute Gasteiger partial charge is 0.222 e. The maximum Gasteiger partial charge on any atom is 0.222 e. The van der Waals surface area contributed by atoms with Crippen LogP contribution in [0.1, 0.15) is 47.7 Å². The highest BCUT2D eigenvalue weighted by molar-refractivity contribution is 5.85. The fourth-order valence-electron chi connectivity index (χ4n) is 2.66. The maximum absolute atomic E-state index is 12.2. The van der Waals surface area contributed by atoms with Gasteiger partial charge in [0.25, 0.3) is 0 Å². The van der Waals surface area contributed by atoms with Crippen molar-refractivity contribution in [2.45, 2.75) is 39.3 Å². The van der Waals surface area contributed by atoms with E-state index in [-0.39, 0.29) is 30.4 Å². The molecular weight excluding hydrogens is 308 g/mol. The molecule has 3 nitrogen and oxygen atoms in total. The lowest BCUT2D eigenvalue weighted by Crippen LogP contribution is -2.29. The first kappa shape index (κ1) is 19.2. The van der Waals surface area contributed by atoms with Gasteiger partial charge in [0.05, 0.1) is 6.04 Å². The van der Waals surface area contributed by atoms with Crippen LogP contribution in [0.2, 0.25) is 0 Å². The lowest BCUT2D eigenvalue weighted by Gasteiger charge is -2.18. The molecular formula is C19H25ClN2O.